The van der Waals surface area contributed by atoms with Crippen molar-refractivity contribution >= 4 is 33.3 Å². The van der Waals surface area contributed by atoms with Gasteiger partial charge in [0.2, 0.25) is 0 Å². The van der Waals surface area contributed by atoms with Crippen LogP contribution in [0.25, 0.3) is 22.5 Å². The molecule has 0 atom stereocenters. The minimum absolute atomic E-state index is 0.267. The van der Waals surface area contributed by atoms with Crippen LogP contribution < -0.4 is 5.73 Å². The maximum atomic E-state index is 13.2. The number of aromatic nitrogens is 1. The lowest BCUT2D eigenvalue weighted by molar-refractivity contribution is 0.436. The van der Waals surface area contributed by atoms with Gasteiger partial charge in [0.05, 0.1) is 5.56 Å². The second-order valence-electron chi connectivity index (χ2n) is 4.40. The third-order valence-electron chi connectivity index (χ3n) is 3.03. The van der Waals surface area contributed by atoms with Crippen LogP contribution in [0.1, 0.15) is 0 Å². The van der Waals surface area contributed by atoms with Gasteiger partial charge in [0.1, 0.15) is 5.82 Å². The summed E-state index contributed by atoms with van der Waals surface area (Å²) in [4.78, 5) is 0. The van der Waals surface area contributed by atoms with Crippen molar-refractivity contribution in [1.29, 1.82) is 0 Å². The summed E-state index contributed by atoms with van der Waals surface area (Å²) in [5.74, 6) is 0.399. The van der Waals surface area contributed by atoms with Gasteiger partial charge in [-0.2, -0.15) is 0 Å². The summed E-state index contributed by atoms with van der Waals surface area (Å²) in [5, 5.41) is 4.43. The summed E-state index contributed by atoms with van der Waals surface area (Å²) in [7, 11) is 0. The van der Waals surface area contributed by atoms with Crippen LogP contribution in [0.2, 0.25) is 5.02 Å². The molecule has 0 saturated heterocycles. The fourth-order valence-corrected chi connectivity index (χ4v) is 2.71. The van der Waals surface area contributed by atoms with Crippen molar-refractivity contribution in [1.82, 2.24) is 5.16 Å². The molecule has 0 amide bonds. The van der Waals surface area contributed by atoms with E-state index in [0.29, 0.717) is 26.4 Å². The first kappa shape index (κ1) is 14.1. The molecule has 0 bridgehead atoms. The molecule has 0 radical (unpaired) electrons. The Balaban J connectivity index is 2.19. The van der Waals surface area contributed by atoms with Gasteiger partial charge in [-0.05, 0) is 51.8 Å². The van der Waals surface area contributed by atoms with Crippen molar-refractivity contribution in [2.24, 2.45) is 0 Å². The van der Waals surface area contributed by atoms with Gasteiger partial charge in [0.15, 0.2) is 11.6 Å². The van der Waals surface area contributed by atoms with Crippen LogP contribution in [0.3, 0.4) is 0 Å². The van der Waals surface area contributed by atoms with E-state index < -0.39 is 0 Å². The van der Waals surface area contributed by atoms with E-state index in [2.05, 4.69) is 21.1 Å². The van der Waals surface area contributed by atoms with Crippen LogP contribution in [0.15, 0.2) is 51.5 Å². The number of halogens is 3. The maximum absolute atomic E-state index is 13.2. The number of benzene rings is 2. The maximum Gasteiger partial charge on any atom is 0.178 e. The van der Waals surface area contributed by atoms with Crippen molar-refractivity contribution in [3.8, 4) is 22.5 Å². The molecular weight excluding hydrogens is 359 g/mol. The van der Waals surface area contributed by atoms with Gasteiger partial charge in [0, 0.05) is 15.1 Å². The summed E-state index contributed by atoms with van der Waals surface area (Å²) in [5.41, 5.74) is 8.05. The monoisotopic (exact) mass is 366 g/mol. The van der Waals surface area contributed by atoms with Gasteiger partial charge in [-0.15, -0.1) is 0 Å². The Labute approximate surface area is 133 Å². The molecule has 0 saturated carbocycles. The topological polar surface area (TPSA) is 52.0 Å². The van der Waals surface area contributed by atoms with Gasteiger partial charge >= 0.3 is 0 Å². The third kappa shape index (κ3) is 2.66. The van der Waals surface area contributed by atoms with E-state index in [1.54, 1.807) is 18.2 Å². The fourth-order valence-electron chi connectivity index (χ4n) is 2.06. The zero-order valence-corrected chi connectivity index (χ0v) is 13.0. The summed E-state index contributed by atoms with van der Waals surface area (Å²) >= 11 is 9.21. The van der Waals surface area contributed by atoms with E-state index in [1.807, 2.05) is 12.1 Å². The molecule has 3 nitrogen and oxygen atoms in total. The highest BCUT2D eigenvalue weighted by molar-refractivity contribution is 9.10. The molecule has 2 N–H and O–H groups in total. The van der Waals surface area contributed by atoms with Crippen LogP contribution in [0.4, 0.5) is 10.2 Å². The highest BCUT2D eigenvalue weighted by Gasteiger charge is 2.19. The lowest BCUT2D eigenvalue weighted by Gasteiger charge is -2.05. The Morgan fingerprint density at radius 2 is 1.86 bits per heavy atom. The Morgan fingerprint density at radius 3 is 2.52 bits per heavy atom. The molecular formula is C15H9BrClFN2O. The number of hydrogen-bond donors (Lipinski definition) is 1. The predicted molar refractivity (Wildman–Crippen MR) is 84.5 cm³/mol. The summed E-state index contributed by atoms with van der Waals surface area (Å²) in [6.45, 7) is 0. The van der Waals surface area contributed by atoms with E-state index in [0.717, 1.165) is 5.56 Å². The number of nitrogens with two attached hydrogens (primary N) is 1. The normalized spacial score (nSPS) is 10.8. The molecule has 6 heteroatoms. The van der Waals surface area contributed by atoms with Crippen LogP contribution >= 0.6 is 27.5 Å². The highest BCUT2D eigenvalue weighted by Crippen LogP contribution is 2.39. The van der Waals surface area contributed by atoms with Crippen LogP contribution in [-0.2, 0) is 0 Å². The third-order valence-corrected chi connectivity index (χ3v) is 3.94. The van der Waals surface area contributed by atoms with Crippen LogP contribution in [0.5, 0.6) is 0 Å². The Kier molecular flexibility index (Phi) is 3.69. The predicted octanol–water partition coefficient (Wildman–Crippen LogP) is 5.15. The summed E-state index contributed by atoms with van der Waals surface area (Å²) in [6, 6.07) is 11.5. The van der Waals surface area contributed by atoms with Crippen molar-refractivity contribution in [3.63, 3.8) is 0 Å². The van der Waals surface area contributed by atoms with E-state index in [-0.39, 0.29) is 11.6 Å². The van der Waals surface area contributed by atoms with Gasteiger partial charge < -0.3 is 10.3 Å². The minimum atomic E-state index is -0.342. The van der Waals surface area contributed by atoms with Gasteiger partial charge in [-0.25, -0.2) is 4.39 Å². The molecule has 0 aliphatic heterocycles. The SMILES string of the molecule is Nc1noc(-c2ccc(F)cc2Br)c1-c1ccc(Cl)cc1. The standard InChI is InChI=1S/C15H9BrClFN2O/c16-12-7-10(18)5-6-11(12)14-13(15(19)20-21-14)8-1-3-9(17)4-2-8/h1-7H,(H2,19,20). The number of anilines is 1. The zero-order chi connectivity index (χ0) is 15.0. The Bertz CT molecular complexity index is 802. The molecule has 3 aromatic rings. The minimum Gasteiger partial charge on any atom is -0.380 e. The molecule has 106 valence electrons. The fraction of sp³-hybridized carbons (Fsp3) is 0. The summed E-state index contributed by atoms with van der Waals surface area (Å²) in [6.07, 6.45) is 0. The Hall–Kier alpha value is -1.85. The van der Waals surface area contributed by atoms with E-state index in [1.165, 1.54) is 12.1 Å². The van der Waals surface area contributed by atoms with E-state index in [9.17, 15) is 4.39 Å². The Morgan fingerprint density at radius 1 is 1.14 bits per heavy atom. The van der Waals surface area contributed by atoms with Crippen LogP contribution in [-0.4, -0.2) is 5.16 Å². The van der Waals surface area contributed by atoms with Crippen LogP contribution in [0, 0.1) is 5.82 Å². The van der Waals surface area contributed by atoms with E-state index in [4.69, 9.17) is 21.9 Å². The average Bonchev–Trinajstić information content (AvgIpc) is 2.82. The largest absolute Gasteiger partial charge is 0.380 e. The van der Waals surface area contributed by atoms with Gasteiger partial charge in [-0.1, -0.05) is 28.9 Å². The quantitative estimate of drug-likeness (QED) is 0.682. The molecule has 0 unspecified atom stereocenters. The molecule has 0 aliphatic rings. The first-order chi connectivity index (χ1) is 10.1. The first-order valence-corrected chi connectivity index (χ1v) is 7.20. The molecule has 2 aromatic carbocycles. The smallest absolute Gasteiger partial charge is 0.178 e. The van der Waals surface area contributed by atoms with E-state index >= 15 is 0 Å². The molecule has 3 rings (SSSR count). The number of hydrogen-bond acceptors (Lipinski definition) is 3. The molecule has 1 aromatic heterocycles. The molecule has 0 fully saturated rings. The number of nitrogens with zero attached hydrogens (tertiary/aromatic N) is 1. The van der Waals surface area contributed by atoms with Gasteiger partial charge in [0.25, 0.3) is 0 Å². The number of nitrogen functional groups attached to an aromatic ring is 1. The molecule has 0 aliphatic carbocycles. The second-order valence-corrected chi connectivity index (χ2v) is 5.69. The molecule has 21 heavy (non-hydrogen) atoms. The number of rotatable bonds is 2. The summed E-state index contributed by atoms with van der Waals surface area (Å²) < 4.78 is 19.1. The highest BCUT2D eigenvalue weighted by atomic mass is 79.9. The second kappa shape index (κ2) is 5.50. The first-order valence-electron chi connectivity index (χ1n) is 6.03. The average molecular weight is 368 g/mol. The van der Waals surface area contributed by atoms with Crippen molar-refractivity contribution in [2.75, 3.05) is 5.73 Å². The van der Waals surface area contributed by atoms with Gasteiger partial charge in [-0.3, -0.25) is 0 Å². The van der Waals surface area contributed by atoms with Crippen molar-refractivity contribution < 1.29 is 8.91 Å². The lowest BCUT2D eigenvalue weighted by atomic mass is 10.0. The molecule has 1 heterocycles. The zero-order valence-electron chi connectivity index (χ0n) is 10.6. The van der Waals surface area contributed by atoms with Crippen molar-refractivity contribution in [3.05, 3.63) is 57.8 Å². The van der Waals surface area contributed by atoms with Crippen molar-refractivity contribution in [2.45, 2.75) is 0 Å². The molecule has 0 spiro atoms. The lowest BCUT2D eigenvalue weighted by Crippen LogP contribution is -1.89.